The number of rotatable bonds is 3. The number of hydrogen-bond donors (Lipinski definition) is 0. The van der Waals surface area contributed by atoms with E-state index in [1.807, 2.05) is 12.1 Å². The van der Waals surface area contributed by atoms with E-state index in [1.54, 1.807) is 0 Å². The maximum atomic E-state index is 5.98. The van der Waals surface area contributed by atoms with Crippen LogP contribution < -0.4 is 4.90 Å². The minimum absolute atomic E-state index is 0.521. The van der Waals surface area contributed by atoms with Crippen molar-refractivity contribution < 1.29 is 0 Å². The standard InChI is InChI=1S/C13H17Cl2N/c1-16(12-4-2-3-5-12)13-7-6-11(15)8-10(13)9-14/h6-8,12H,2-5,9H2,1H3. The Bertz CT molecular complexity index is 359. The van der Waals surface area contributed by atoms with E-state index in [4.69, 9.17) is 23.2 Å². The number of halogens is 2. The Morgan fingerprint density at radius 3 is 2.62 bits per heavy atom. The molecule has 0 spiro atoms. The predicted octanol–water partition coefficient (Wildman–Crippen LogP) is 4.46. The molecule has 0 aromatic heterocycles. The van der Waals surface area contributed by atoms with Crippen LogP contribution in [0.3, 0.4) is 0 Å². The number of alkyl halides is 1. The summed E-state index contributed by atoms with van der Waals surface area (Å²) in [6, 6.07) is 6.66. The number of hydrogen-bond acceptors (Lipinski definition) is 1. The largest absolute Gasteiger partial charge is 0.371 e. The molecule has 0 aliphatic heterocycles. The number of nitrogens with zero attached hydrogens (tertiary/aromatic N) is 1. The van der Waals surface area contributed by atoms with Crippen molar-refractivity contribution in [2.24, 2.45) is 0 Å². The lowest BCUT2D eigenvalue weighted by atomic mass is 10.1. The molecule has 2 rings (SSSR count). The first-order valence-corrected chi connectivity index (χ1v) is 6.71. The second-order valence-electron chi connectivity index (χ2n) is 4.46. The van der Waals surface area contributed by atoms with Gasteiger partial charge in [0.25, 0.3) is 0 Å². The highest BCUT2D eigenvalue weighted by atomic mass is 35.5. The fourth-order valence-electron chi connectivity index (χ4n) is 2.49. The molecule has 0 amide bonds. The highest BCUT2D eigenvalue weighted by molar-refractivity contribution is 6.30. The molecule has 3 heteroatoms. The lowest BCUT2D eigenvalue weighted by molar-refractivity contribution is 0.652. The summed E-state index contributed by atoms with van der Waals surface area (Å²) in [4.78, 5) is 2.36. The first-order valence-electron chi connectivity index (χ1n) is 5.79. The second-order valence-corrected chi connectivity index (χ2v) is 5.16. The summed E-state index contributed by atoms with van der Waals surface area (Å²) in [6.07, 6.45) is 5.28. The molecule has 0 atom stereocenters. The van der Waals surface area contributed by atoms with Crippen LogP contribution in [-0.2, 0) is 5.88 Å². The predicted molar refractivity (Wildman–Crippen MR) is 71.7 cm³/mol. The van der Waals surface area contributed by atoms with Gasteiger partial charge in [-0.25, -0.2) is 0 Å². The van der Waals surface area contributed by atoms with Crippen molar-refractivity contribution in [3.8, 4) is 0 Å². The second kappa shape index (κ2) is 5.29. The summed E-state index contributed by atoms with van der Waals surface area (Å²) >= 11 is 12.0. The molecule has 0 N–H and O–H groups in total. The Morgan fingerprint density at radius 1 is 1.31 bits per heavy atom. The highest BCUT2D eigenvalue weighted by Crippen LogP contribution is 2.31. The van der Waals surface area contributed by atoms with Gasteiger partial charge in [-0.1, -0.05) is 24.4 Å². The average molecular weight is 258 g/mol. The van der Waals surface area contributed by atoms with Crippen molar-refractivity contribution in [1.82, 2.24) is 0 Å². The minimum atomic E-state index is 0.521. The van der Waals surface area contributed by atoms with Crippen LogP contribution in [0.5, 0.6) is 0 Å². The lowest BCUT2D eigenvalue weighted by Crippen LogP contribution is -2.29. The van der Waals surface area contributed by atoms with Gasteiger partial charge in [0.05, 0.1) is 0 Å². The van der Waals surface area contributed by atoms with Crippen molar-refractivity contribution in [3.63, 3.8) is 0 Å². The van der Waals surface area contributed by atoms with Crippen molar-refractivity contribution in [3.05, 3.63) is 28.8 Å². The van der Waals surface area contributed by atoms with Gasteiger partial charge >= 0.3 is 0 Å². The fraction of sp³-hybridized carbons (Fsp3) is 0.538. The van der Waals surface area contributed by atoms with Gasteiger partial charge in [0.15, 0.2) is 0 Å². The van der Waals surface area contributed by atoms with Crippen molar-refractivity contribution in [2.75, 3.05) is 11.9 Å². The Kier molecular flexibility index (Phi) is 3.99. The molecule has 1 saturated carbocycles. The molecule has 1 aliphatic rings. The first-order chi connectivity index (χ1) is 7.72. The molecular formula is C13H17Cl2N. The molecule has 0 heterocycles. The van der Waals surface area contributed by atoms with Crippen LogP contribution in [0.15, 0.2) is 18.2 Å². The zero-order valence-electron chi connectivity index (χ0n) is 9.55. The Balaban J connectivity index is 2.24. The van der Waals surface area contributed by atoms with E-state index < -0.39 is 0 Å². The van der Waals surface area contributed by atoms with Crippen LogP contribution in [0.25, 0.3) is 0 Å². The molecule has 16 heavy (non-hydrogen) atoms. The van der Waals surface area contributed by atoms with E-state index in [1.165, 1.54) is 31.4 Å². The van der Waals surface area contributed by atoms with Crippen LogP contribution in [0.4, 0.5) is 5.69 Å². The van der Waals surface area contributed by atoms with Crippen LogP contribution in [-0.4, -0.2) is 13.1 Å². The smallest absolute Gasteiger partial charge is 0.0495 e. The number of benzene rings is 1. The van der Waals surface area contributed by atoms with E-state index in [0.717, 1.165) is 10.6 Å². The molecular weight excluding hydrogens is 241 g/mol. The Labute approximate surface area is 107 Å². The van der Waals surface area contributed by atoms with Crippen molar-refractivity contribution >= 4 is 28.9 Å². The van der Waals surface area contributed by atoms with E-state index in [2.05, 4.69) is 18.0 Å². The SMILES string of the molecule is CN(c1ccc(Cl)cc1CCl)C1CCCC1. The van der Waals surface area contributed by atoms with E-state index in [-0.39, 0.29) is 0 Å². The topological polar surface area (TPSA) is 3.24 Å². The van der Waals surface area contributed by atoms with Crippen LogP contribution in [0.2, 0.25) is 5.02 Å². The molecule has 1 nitrogen and oxygen atoms in total. The first kappa shape index (κ1) is 12.1. The molecule has 0 radical (unpaired) electrons. The fourth-order valence-corrected chi connectivity index (χ4v) is 2.90. The Morgan fingerprint density at radius 2 is 2.00 bits per heavy atom. The summed E-state index contributed by atoms with van der Waals surface area (Å²) in [6.45, 7) is 0. The third kappa shape index (κ3) is 2.46. The third-order valence-electron chi connectivity index (χ3n) is 3.44. The van der Waals surface area contributed by atoms with E-state index >= 15 is 0 Å². The lowest BCUT2D eigenvalue weighted by Gasteiger charge is -2.28. The van der Waals surface area contributed by atoms with E-state index in [0.29, 0.717) is 11.9 Å². The van der Waals surface area contributed by atoms with E-state index in [9.17, 15) is 0 Å². The van der Waals surface area contributed by atoms with Crippen LogP contribution >= 0.6 is 23.2 Å². The maximum absolute atomic E-state index is 5.98. The molecule has 0 unspecified atom stereocenters. The summed E-state index contributed by atoms with van der Waals surface area (Å²) in [5.41, 5.74) is 2.36. The molecule has 1 aromatic rings. The summed E-state index contributed by atoms with van der Waals surface area (Å²) < 4.78 is 0. The van der Waals surface area contributed by atoms with Gasteiger partial charge in [0.2, 0.25) is 0 Å². The van der Waals surface area contributed by atoms with Gasteiger partial charge in [-0.3, -0.25) is 0 Å². The monoisotopic (exact) mass is 257 g/mol. The van der Waals surface area contributed by atoms with Gasteiger partial charge in [0, 0.05) is 29.7 Å². The molecule has 1 aromatic carbocycles. The average Bonchev–Trinajstić information content (AvgIpc) is 2.81. The normalized spacial score (nSPS) is 16.7. The number of anilines is 1. The van der Waals surface area contributed by atoms with Gasteiger partial charge in [0.1, 0.15) is 0 Å². The minimum Gasteiger partial charge on any atom is -0.371 e. The Hall–Kier alpha value is -0.400. The highest BCUT2D eigenvalue weighted by Gasteiger charge is 2.21. The third-order valence-corrected chi connectivity index (χ3v) is 3.96. The summed E-state index contributed by atoms with van der Waals surface area (Å²) in [5, 5.41) is 0.763. The van der Waals surface area contributed by atoms with Crippen molar-refractivity contribution in [2.45, 2.75) is 37.6 Å². The molecule has 88 valence electrons. The van der Waals surface area contributed by atoms with Gasteiger partial charge in [-0.2, -0.15) is 0 Å². The van der Waals surface area contributed by atoms with Gasteiger partial charge in [-0.05, 0) is 36.6 Å². The zero-order valence-corrected chi connectivity index (χ0v) is 11.1. The molecule has 0 saturated heterocycles. The van der Waals surface area contributed by atoms with Gasteiger partial charge < -0.3 is 4.90 Å². The molecule has 1 aliphatic carbocycles. The molecule has 1 fully saturated rings. The van der Waals surface area contributed by atoms with Crippen molar-refractivity contribution in [1.29, 1.82) is 0 Å². The maximum Gasteiger partial charge on any atom is 0.0495 e. The summed E-state index contributed by atoms with van der Waals surface area (Å²) in [5.74, 6) is 0.521. The van der Waals surface area contributed by atoms with Gasteiger partial charge in [-0.15, -0.1) is 11.6 Å². The quantitative estimate of drug-likeness (QED) is 0.723. The molecule has 0 bridgehead atoms. The van der Waals surface area contributed by atoms with Crippen LogP contribution in [0, 0.1) is 0 Å². The summed E-state index contributed by atoms with van der Waals surface area (Å²) in [7, 11) is 2.16. The zero-order chi connectivity index (χ0) is 11.5. The van der Waals surface area contributed by atoms with Crippen LogP contribution in [0.1, 0.15) is 31.2 Å².